The number of halogens is 3. The van der Waals surface area contributed by atoms with Crippen LogP contribution in [0.3, 0.4) is 0 Å². The third-order valence-electron chi connectivity index (χ3n) is 2.64. The van der Waals surface area contributed by atoms with Crippen LogP contribution in [0.25, 0.3) is 11.0 Å². The molecule has 0 saturated heterocycles. The molecule has 0 radical (unpaired) electrons. The van der Waals surface area contributed by atoms with E-state index in [1.165, 1.54) is 18.2 Å². The second kappa shape index (κ2) is 4.62. The molecule has 2 rings (SSSR count). The van der Waals surface area contributed by atoms with Gasteiger partial charge in [-0.2, -0.15) is 13.2 Å². The smallest absolute Gasteiger partial charge is 0.449 e. The molecule has 1 aromatic heterocycles. The van der Waals surface area contributed by atoms with Crippen LogP contribution < -0.4 is 5.73 Å². The topological polar surface area (TPSA) is 59.4 Å². The first kappa shape index (κ1) is 12.9. The van der Waals surface area contributed by atoms with Crippen LogP contribution >= 0.6 is 0 Å². The van der Waals surface area contributed by atoms with Gasteiger partial charge in [0.1, 0.15) is 5.58 Å². The number of furan rings is 1. The lowest BCUT2D eigenvalue weighted by molar-refractivity contribution is -0.152. The van der Waals surface area contributed by atoms with E-state index in [1.54, 1.807) is 0 Å². The maximum Gasteiger partial charge on any atom is 0.449 e. The van der Waals surface area contributed by atoms with Crippen LogP contribution in [0, 0.1) is 0 Å². The Kier molecular flexibility index (Phi) is 3.32. The molecule has 98 valence electrons. The van der Waals surface area contributed by atoms with Gasteiger partial charge in [0.2, 0.25) is 5.76 Å². The van der Waals surface area contributed by atoms with E-state index in [0.717, 1.165) is 6.07 Å². The maximum absolute atomic E-state index is 12.4. The Morgan fingerprint density at radius 3 is 2.61 bits per heavy atom. The van der Waals surface area contributed by atoms with E-state index in [-0.39, 0.29) is 5.58 Å². The first-order valence-corrected chi connectivity index (χ1v) is 5.40. The average molecular weight is 259 g/mol. The van der Waals surface area contributed by atoms with E-state index >= 15 is 0 Å². The van der Waals surface area contributed by atoms with Crippen LogP contribution in [0.15, 0.2) is 28.7 Å². The van der Waals surface area contributed by atoms with Crippen molar-refractivity contribution in [3.8, 4) is 0 Å². The molecule has 1 atom stereocenters. The van der Waals surface area contributed by atoms with Gasteiger partial charge in [-0.1, -0.05) is 6.07 Å². The number of hydrogen-bond acceptors (Lipinski definition) is 3. The molecule has 1 aromatic carbocycles. The second-order valence-electron chi connectivity index (χ2n) is 4.00. The fourth-order valence-corrected chi connectivity index (χ4v) is 1.73. The predicted octanol–water partition coefficient (Wildman–Crippen LogP) is 2.83. The molecule has 0 fully saturated rings. The molecule has 0 amide bonds. The molecule has 0 aliphatic rings. The molecule has 0 aliphatic carbocycles. The Morgan fingerprint density at radius 2 is 2.00 bits per heavy atom. The van der Waals surface area contributed by atoms with Gasteiger partial charge in [-0.15, -0.1) is 0 Å². The first-order valence-electron chi connectivity index (χ1n) is 5.40. The second-order valence-corrected chi connectivity index (χ2v) is 4.00. The van der Waals surface area contributed by atoms with Crippen molar-refractivity contribution in [2.24, 2.45) is 5.73 Å². The summed E-state index contributed by atoms with van der Waals surface area (Å²) in [7, 11) is 0. The molecule has 0 spiro atoms. The zero-order valence-corrected chi connectivity index (χ0v) is 9.37. The summed E-state index contributed by atoms with van der Waals surface area (Å²) >= 11 is 0. The van der Waals surface area contributed by atoms with Gasteiger partial charge < -0.3 is 15.3 Å². The van der Waals surface area contributed by atoms with Crippen LogP contribution in [0.5, 0.6) is 0 Å². The largest absolute Gasteiger partial charge is 0.452 e. The molecule has 2 aromatic rings. The molecule has 1 heterocycles. The minimum atomic E-state index is -4.50. The van der Waals surface area contributed by atoms with Gasteiger partial charge in [0, 0.05) is 5.39 Å². The van der Waals surface area contributed by atoms with Crippen LogP contribution in [0.4, 0.5) is 13.2 Å². The fraction of sp³-hybridized carbons (Fsp3) is 0.333. The van der Waals surface area contributed by atoms with Crippen molar-refractivity contribution in [1.29, 1.82) is 0 Å². The molecular weight excluding hydrogens is 247 g/mol. The number of hydrogen-bond donors (Lipinski definition) is 2. The lowest BCUT2D eigenvalue weighted by Gasteiger charge is -2.08. The Morgan fingerprint density at radius 1 is 1.28 bits per heavy atom. The van der Waals surface area contributed by atoms with Crippen LogP contribution in [0.1, 0.15) is 23.8 Å². The summed E-state index contributed by atoms with van der Waals surface area (Å²) in [6, 6.07) is 5.36. The van der Waals surface area contributed by atoms with Crippen LogP contribution in [0.2, 0.25) is 0 Å². The van der Waals surface area contributed by atoms with Gasteiger partial charge in [-0.3, -0.25) is 0 Å². The van der Waals surface area contributed by atoms with Crippen molar-refractivity contribution >= 4 is 11.0 Å². The number of aliphatic hydroxyl groups is 1. The number of alkyl halides is 3. The standard InChI is InChI=1S/C12H12F3NO2/c13-12(14,15)11-6-8-5-7(9(17)3-4-16)1-2-10(8)18-11/h1-2,5-6,9,17H,3-4,16H2. The summed E-state index contributed by atoms with van der Waals surface area (Å²) in [5.41, 5.74) is 5.99. The van der Waals surface area contributed by atoms with E-state index in [1.807, 2.05) is 0 Å². The van der Waals surface area contributed by atoms with E-state index in [2.05, 4.69) is 0 Å². The van der Waals surface area contributed by atoms with Crippen LogP contribution in [-0.4, -0.2) is 11.7 Å². The van der Waals surface area contributed by atoms with Crippen molar-refractivity contribution in [2.75, 3.05) is 6.54 Å². The number of benzene rings is 1. The van der Waals surface area contributed by atoms with E-state index in [9.17, 15) is 18.3 Å². The number of rotatable bonds is 3. The van der Waals surface area contributed by atoms with Crippen molar-refractivity contribution in [3.63, 3.8) is 0 Å². The highest BCUT2D eigenvalue weighted by Gasteiger charge is 2.35. The fourth-order valence-electron chi connectivity index (χ4n) is 1.73. The molecular formula is C12H12F3NO2. The Hall–Kier alpha value is -1.53. The molecule has 0 bridgehead atoms. The highest BCUT2D eigenvalue weighted by Crippen LogP contribution is 2.34. The average Bonchev–Trinajstić information content (AvgIpc) is 2.71. The minimum absolute atomic E-state index is 0.144. The van der Waals surface area contributed by atoms with E-state index in [0.29, 0.717) is 23.9 Å². The lowest BCUT2D eigenvalue weighted by atomic mass is 10.0. The summed E-state index contributed by atoms with van der Waals surface area (Å²) in [6.45, 7) is 0.304. The van der Waals surface area contributed by atoms with Crippen molar-refractivity contribution < 1.29 is 22.7 Å². The summed E-state index contributed by atoms with van der Waals surface area (Å²) in [5, 5.41) is 10.0. The quantitative estimate of drug-likeness (QED) is 0.891. The molecule has 3 N–H and O–H groups in total. The molecule has 6 heteroatoms. The van der Waals surface area contributed by atoms with Crippen LogP contribution in [-0.2, 0) is 6.18 Å². The number of aliphatic hydroxyl groups excluding tert-OH is 1. The van der Waals surface area contributed by atoms with E-state index < -0.39 is 18.0 Å². The Balaban J connectivity index is 2.40. The summed E-state index contributed by atoms with van der Waals surface area (Å²) < 4.78 is 42.0. The van der Waals surface area contributed by atoms with Crippen molar-refractivity contribution in [1.82, 2.24) is 0 Å². The SMILES string of the molecule is NCCC(O)c1ccc2oc(C(F)(F)F)cc2c1. The molecule has 3 nitrogen and oxygen atoms in total. The number of nitrogens with two attached hydrogens (primary N) is 1. The van der Waals surface area contributed by atoms with Gasteiger partial charge in [0.15, 0.2) is 0 Å². The van der Waals surface area contributed by atoms with Gasteiger partial charge in [-0.25, -0.2) is 0 Å². The maximum atomic E-state index is 12.4. The molecule has 18 heavy (non-hydrogen) atoms. The third-order valence-corrected chi connectivity index (χ3v) is 2.64. The van der Waals surface area contributed by atoms with Crippen molar-refractivity contribution in [2.45, 2.75) is 18.7 Å². The Bertz CT molecular complexity index is 548. The highest BCUT2D eigenvalue weighted by atomic mass is 19.4. The van der Waals surface area contributed by atoms with Gasteiger partial charge >= 0.3 is 6.18 Å². The van der Waals surface area contributed by atoms with Gasteiger partial charge in [0.25, 0.3) is 0 Å². The van der Waals surface area contributed by atoms with Crippen molar-refractivity contribution in [3.05, 3.63) is 35.6 Å². The first-order chi connectivity index (χ1) is 8.41. The molecule has 0 aliphatic heterocycles. The Labute approximate surface area is 101 Å². The highest BCUT2D eigenvalue weighted by molar-refractivity contribution is 5.79. The monoisotopic (exact) mass is 259 g/mol. The summed E-state index contributed by atoms with van der Waals surface area (Å²) in [5.74, 6) is -1.04. The zero-order chi connectivity index (χ0) is 13.3. The normalized spacial score (nSPS) is 14.1. The lowest BCUT2D eigenvalue weighted by Crippen LogP contribution is -2.06. The number of fused-ring (bicyclic) bond motifs is 1. The van der Waals surface area contributed by atoms with Gasteiger partial charge in [-0.05, 0) is 36.7 Å². The van der Waals surface area contributed by atoms with E-state index in [4.69, 9.17) is 10.2 Å². The predicted molar refractivity (Wildman–Crippen MR) is 59.8 cm³/mol. The third kappa shape index (κ3) is 2.49. The molecule has 0 saturated carbocycles. The molecule has 1 unspecified atom stereocenters. The summed E-state index contributed by atoms with van der Waals surface area (Å²) in [4.78, 5) is 0. The minimum Gasteiger partial charge on any atom is -0.452 e. The van der Waals surface area contributed by atoms with Gasteiger partial charge in [0.05, 0.1) is 6.10 Å². The zero-order valence-electron chi connectivity index (χ0n) is 9.37. The summed E-state index contributed by atoms with van der Waals surface area (Å²) in [6.07, 6.45) is -4.92.